The van der Waals surface area contributed by atoms with Crippen molar-refractivity contribution in [2.45, 2.75) is 20.3 Å². The molecular formula is C21H23FN2O2. The van der Waals surface area contributed by atoms with Crippen LogP contribution in [0.4, 0.5) is 4.39 Å². The summed E-state index contributed by atoms with van der Waals surface area (Å²) >= 11 is 0. The third kappa shape index (κ3) is 4.69. The molecule has 1 aromatic heterocycles. The van der Waals surface area contributed by atoms with Crippen molar-refractivity contribution in [3.05, 3.63) is 60.2 Å². The Morgan fingerprint density at radius 3 is 2.69 bits per heavy atom. The van der Waals surface area contributed by atoms with Crippen LogP contribution in [0.3, 0.4) is 0 Å². The van der Waals surface area contributed by atoms with Gasteiger partial charge in [0, 0.05) is 25.4 Å². The third-order valence-corrected chi connectivity index (χ3v) is 4.42. The first kappa shape index (κ1) is 18.1. The number of halogens is 1. The van der Waals surface area contributed by atoms with E-state index in [1.54, 1.807) is 36.5 Å². The number of rotatable bonds is 4. The lowest BCUT2D eigenvalue weighted by Crippen LogP contribution is -2.41. The third-order valence-electron chi connectivity index (χ3n) is 4.42. The Labute approximate surface area is 153 Å². The fourth-order valence-corrected chi connectivity index (χ4v) is 3.35. The van der Waals surface area contributed by atoms with Crippen LogP contribution in [0.2, 0.25) is 0 Å². The van der Waals surface area contributed by atoms with Crippen molar-refractivity contribution in [2.24, 2.45) is 11.8 Å². The second kappa shape index (κ2) is 8.13. The number of benzene rings is 1. The second-order valence-corrected chi connectivity index (χ2v) is 7.00. The molecule has 0 N–H and O–H groups in total. The van der Waals surface area contributed by atoms with Crippen LogP contribution in [0.25, 0.3) is 6.08 Å². The van der Waals surface area contributed by atoms with Crippen molar-refractivity contribution in [1.82, 2.24) is 9.88 Å². The molecule has 1 amide bonds. The highest BCUT2D eigenvalue weighted by Crippen LogP contribution is 2.25. The minimum atomic E-state index is -0.483. The minimum absolute atomic E-state index is 0.0282. The van der Waals surface area contributed by atoms with Crippen LogP contribution in [0.1, 0.15) is 25.8 Å². The maximum atomic E-state index is 14.2. The van der Waals surface area contributed by atoms with E-state index in [-0.39, 0.29) is 11.7 Å². The summed E-state index contributed by atoms with van der Waals surface area (Å²) in [5, 5.41) is 0. The molecule has 0 bridgehead atoms. The minimum Gasteiger partial charge on any atom is -0.453 e. The summed E-state index contributed by atoms with van der Waals surface area (Å²) in [5.74, 6) is 1.11. The van der Waals surface area contributed by atoms with Gasteiger partial charge in [-0.15, -0.1) is 0 Å². The molecule has 2 unspecified atom stereocenters. The fraction of sp³-hybridized carbons (Fsp3) is 0.333. The highest BCUT2D eigenvalue weighted by molar-refractivity contribution is 5.91. The number of carbonyl (C=O) groups excluding carboxylic acids is 1. The Morgan fingerprint density at radius 1 is 1.27 bits per heavy atom. The van der Waals surface area contributed by atoms with Gasteiger partial charge in [-0.1, -0.05) is 19.9 Å². The molecule has 1 fully saturated rings. The van der Waals surface area contributed by atoms with Crippen molar-refractivity contribution in [2.75, 3.05) is 13.1 Å². The Bertz CT molecular complexity index is 782. The average molecular weight is 354 g/mol. The van der Waals surface area contributed by atoms with E-state index in [9.17, 15) is 9.18 Å². The van der Waals surface area contributed by atoms with Gasteiger partial charge in [-0.25, -0.2) is 4.39 Å². The molecule has 2 aromatic rings. The van der Waals surface area contributed by atoms with Gasteiger partial charge in [0.1, 0.15) is 5.75 Å². The van der Waals surface area contributed by atoms with Crippen LogP contribution in [-0.4, -0.2) is 28.9 Å². The summed E-state index contributed by atoms with van der Waals surface area (Å²) in [6.45, 7) is 5.88. The van der Waals surface area contributed by atoms with Gasteiger partial charge in [-0.3, -0.25) is 9.78 Å². The molecule has 3 rings (SSSR count). The molecule has 0 radical (unpaired) electrons. The molecule has 1 aliphatic heterocycles. The SMILES string of the molecule is CC1CC(C)CN(C(=O)/C=C/c2ccc(Oc3cccnc3)c(F)c2)C1. The Hall–Kier alpha value is -2.69. The van der Waals surface area contributed by atoms with Crippen LogP contribution in [0.5, 0.6) is 11.5 Å². The molecule has 1 saturated heterocycles. The van der Waals surface area contributed by atoms with Crippen molar-refractivity contribution >= 4 is 12.0 Å². The van der Waals surface area contributed by atoms with Gasteiger partial charge in [-0.05, 0) is 54.2 Å². The molecule has 2 atom stereocenters. The number of piperidine rings is 1. The van der Waals surface area contributed by atoms with E-state index in [1.165, 1.54) is 18.3 Å². The highest BCUT2D eigenvalue weighted by atomic mass is 19.1. The van der Waals surface area contributed by atoms with Crippen molar-refractivity contribution < 1.29 is 13.9 Å². The fourth-order valence-electron chi connectivity index (χ4n) is 3.35. The molecule has 2 heterocycles. The van der Waals surface area contributed by atoms with E-state index >= 15 is 0 Å². The molecule has 0 spiro atoms. The zero-order valence-corrected chi connectivity index (χ0v) is 15.1. The summed E-state index contributed by atoms with van der Waals surface area (Å²) < 4.78 is 19.7. The monoisotopic (exact) mass is 354 g/mol. The molecule has 0 saturated carbocycles. The van der Waals surface area contributed by atoms with Crippen LogP contribution in [0.15, 0.2) is 48.8 Å². The zero-order chi connectivity index (χ0) is 18.5. The van der Waals surface area contributed by atoms with Crippen LogP contribution in [0, 0.1) is 17.7 Å². The van der Waals surface area contributed by atoms with Gasteiger partial charge in [0.05, 0.1) is 6.20 Å². The number of likely N-dealkylation sites (tertiary alicyclic amines) is 1. The predicted octanol–water partition coefficient (Wildman–Crippen LogP) is 4.53. The summed E-state index contributed by atoms with van der Waals surface area (Å²) in [5.41, 5.74) is 0.618. The molecule has 1 aromatic carbocycles. The lowest BCUT2D eigenvalue weighted by molar-refractivity contribution is -0.128. The number of carbonyl (C=O) groups is 1. The molecule has 5 heteroatoms. The lowest BCUT2D eigenvalue weighted by Gasteiger charge is -2.34. The number of nitrogens with zero attached hydrogens (tertiary/aromatic N) is 2. The normalized spacial score (nSPS) is 20.3. The number of pyridine rings is 1. The first-order valence-electron chi connectivity index (χ1n) is 8.85. The zero-order valence-electron chi connectivity index (χ0n) is 15.1. The number of ether oxygens (including phenoxy) is 1. The Morgan fingerprint density at radius 2 is 2.04 bits per heavy atom. The van der Waals surface area contributed by atoms with Gasteiger partial charge in [0.25, 0.3) is 0 Å². The highest BCUT2D eigenvalue weighted by Gasteiger charge is 2.23. The summed E-state index contributed by atoms with van der Waals surface area (Å²) in [6, 6.07) is 8.06. The van der Waals surface area contributed by atoms with Gasteiger partial charge >= 0.3 is 0 Å². The van der Waals surface area contributed by atoms with E-state index < -0.39 is 5.82 Å². The van der Waals surface area contributed by atoms with Gasteiger partial charge in [0.15, 0.2) is 11.6 Å². The summed E-state index contributed by atoms with van der Waals surface area (Å²) in [7, 11) is 0. The average Bonchev–Trinajstić information content (AvgIpc) is 2.62. The maximum absolute atomic E-state index is 14.2. The molecule has 1 aliphatic rings. The standard InChI is InChI=1S/C21H23FN2O2/c1-15-10-16(2)14-24(13-15)21(25)8-6-17-5-7-20(19(22)11-17)26-18-4-3-9-23-12-18/h3-9,11-12,15-16H,10,13-14H2,1-2H3/b8-6+. The topological polar surface area (TPSA) is 42.4 Å². The van der Waals surface area contributed by atoms with Crippen LogP contribution >= 0.6 is 0 Å². The maximum Gasteiger partial charge on any atom is 0.246 e. The molecule has 26 heavy (non-hydrogen) atoms. The number of amides is 1. The largest absolute Gasteiger partial charge is 0.453 e. The summed E-state index contributed by atoms with van der Waals surface area (Å²) in [6.07, 6.45) is 7.45. The first-order chi connectivity index (χ1) is 12.5. The van der Waals surface area contributed by atoms with Crippen LogP contribution < -0.4 is 4.74 Å². The van der Waals surface area contributed by atoms with Gasteiger partial charge < -0.3 is 9.64 Å². The number of hydrogen-bond acceptors (Lipinski definition) is 3. The summed E-state index contributed by atoms with van der Waals surface area (Å²) in [4.78, 5) is 18.2. The van der Waals surface area contributed by atoms with E-state index in [0.29, 0.717) is 23.1 Å². The molecule has 136 valence electrons. The van der Waals surface area contributed by atoms with E-state index in [1.807, 2.05) is 4.90 Å². The van der Waals surface area contributed by atoms with Crippen molar-refractivity contribution in [3.8, 4) is 11.5 Å². The van der Waals surface area contributed by atoms with Gasteiger partial charge in [-0.2, -0.15) is 0 Å². The molecular weight excluding hydrogens is 331 g/mol. The quantitative estimate of drug-likeness (QED) is 0.758. The van der Waals surface area contributed by atoms with E-state index in [2.05, 4.69) is 18.8 Å². The Kier molecular flexibility index (Phi) is 5.66. The van der Waals surface area contributed by atoms with Gasteiger partial charge in [0.2, 0.25) is 5.91 Å². The van der Waals surface area contributed by atoms with Crippen LogP contribution in [-0.2, 0) is 4.79 Å². The first-order valence-corrected chi connectivity index (χ1v) is 8.85. The van der Waals surface area contributed by atoms with Crippen molar-refractivity contribution in [1.29, 1.82) is 0 Å². The lowest BCUT2D eigenvalue weighted by atomic mass is 9.92. The number of hydrogen-bond donors (Lipinski definition) is 0. The molecule has 4 nitrogen and oxygen atoms in total. The second-order valence-electron chi connectivity index (χ2n) is 7.00. The Balaban J connectivity index is 1.65. The number of aromatic nitrogens is 1. The molecule has 0 aliphatic carbocycles. The smallest absolute Gasteiger partial charge is 0.246 e. The predicted molar refractivity (Wildman–Crippen MR) is 99.3 cm³/mol. The van der Waals surface area contributed by atoms with Crippen molar-refractivity contribution in [3.63, 3.8) is 0 Å². The van der Waals surface area contributed by atoms with E-state index in [4.69, 9.17) is 4.74 Å². The van der Waals surface area contributed by atoms with E-state index in [0.717, 1.165) is 19.5 Å².